The summed E-state index contributed by atoms with van der Waals surface area (Å²) in [4.78, 5) is 9.51. The zero-order valence-electron chi connectivity index (χ0n) is 14.3. The van der Waals surface area contributed by atoms with E-state index in [0.717, 1.165) is 51.3 Å². The molecular formula is C17H32N4O. The maximum Gasteiger partial charge on any atom is 0.193 e. The van der Waals surface area contributed by atoms with E-state index in [0.29, 0.717) is 5.41 Å². The molecule has 0 radical (unpaired) electrons. The van der Waals surface area contributed by atoms with Gasteiger partial charge in [0.2, 0.25) is 0 Å². The van der Waals surface area contributed by atoms with Gasteiger partial charge < -0.3 is 19.9 Å². The molecule has 0 aliphatic carbocycles. The number of piperidine rings is 1. The van der Waals surface area contributed by atoms with Crippen LogP contribution in [0.25, 0.3) is 0 Å². The summed E-state index contributed by atoms with van der Waals surface area (Å²) < 4.78 is 5.62. The van der Waals surface area contributed by atoms with Gasteiger partial charge in [-0.2, -0.15) is 0 Å². The molecule has 1 N–H and O–H groups in total. The van der Waals surface area contributed by atoms with Crippen molar-refractivity contribution >= 4 is 5.96 Å². The predicted molar refractivity (Wildman–Crippen MR) is 90.3 cm³/mol. The van der Waals surface area contributed by atoms with Crippen LogP contribution in [0, 0.1) is 11.3 Å². The van der Waals surface area contributed by atoms with Crippen molar-refractivity contribution in [2.24, 2.45) is 16.3 Å². The van der Waals surface area contributed by atoms with E-state index in [4.69, 9.17) is 4.74 Å². The van der Waals surface area contributed by atoms with Crippen LogP contribution in [-0.4, -0.2) is 75.3 Å². The molecule has 0 bridgehead atoms. The lowest BCUT2D eigenvalue weighted by atomic mass is 9.87. The molecule has 3 saturated heterocycles. The molecule has 3 fully saturated rings. The molecule has 0 aromatic carbocycles. The Balaban J connectivity index is 1.43. The lowest BCUT2D eigenvalue weighted by Gasteiger charge is -2.31. The average molecular weight is 308 g/mol. The van der Waals surface area contributed by atoms with Crippen LogP contribution in [0.4, 0.5) is 0 Å². The molecule has 0 aromatic heterocycles. The molecule has 3 aliphatic heterocycles. The smallest absolute Gasteiger partial charge is 0.193 e. The van der Waals surface area contributed by atoms with Gasteiger partial charge in [-0.15, -0.1) is 0 Å². The lowest BCUT2D eigenvalue weighted by Crippen LogP contribution is -2.45. The minimum absolute atomic E-state index is 0.403. The molecular weight excluding hydrogens is 276 g/mol. The van der Waals surface area contributed by atoms with Gasteiger partial charge in [-0.05, 0) is 38.1 Å². The number of hydrogen-bond acceptors (Lipinski definition) is 3. The monoisotopic (exact) mass is 308 g/mol. The van der Waals surface area contributed by atoms with E-state index < -0.39 is 0 Å². The summed E-state index contributed by atoms with van der Waals surface area (Å²) in [6.07, 6.45) is 5.21. The Morgan fingerprint density at radius 1 is 1.36 bits per heavy atom. The zero-order valence-corrected chi connectivity index (χ0v) is 14.3. The second-order valence-corrected chi connectivity index (χ2v) is 7.50. The zero-order chi connectivity index (χ0) is 15.4. The van der Waals surface area contributed by atoms with Crippen molar-refractivity contribution in [2.45, 2.75) is 32.6 Å². The van der Waals surface area contributed by atoms with Gasteiger partial charge in [-0.25, -0.2) is 0 Å². The highest BCUT2D eigenvalue weighted by Crippen LogP contribution is 2.38. The maximum absolute atomic E-state index is 5.62. The van der Waals surface area contributed by atoms with Crippen LogP contribution in [0.3, 0.4) is 0 Å². The van der Waals surface area contributed by atoms with Gasteiger partial charge in [0.05, 0.1) is 6.61 Å². The number of nitrogens with zero attached hydrogens (tertiary/aromatic N) is 3. The van der Waals surface area contributed by atoms with E-state index in [1.54, 1.807) is 0 Å². The van der Waals surface area contributed by atoms with Crippen LogP contribution in [-0.2, 0) is 4.74 Å². The Hall–Kier alpha value is -0.810. The molecule has 3 aliphatic rings. The fraction of sp³-hybridized carbons (Fsp3) is 0.941. The normalized spacial score (nSPS) is 33.8. The van der Waals surface area contributed by atoms with Crippen molar-refractivity contribution in [1.29, 1.82) is 0 Å². The summed E-state index contributed by atoms with van der Waals surface area (Å²) in [6.45, 7) is 11.1. The Morgan fingerprint density at radius 3 is 3.00 bits per heavy atom. The fourth-order valence-electron chi connectivity index (χ4n) is 4.24. The molecule has 5 heteroatoms. The fourth-order valence-corrected chi connectivity index (χ4v) is 4.24. The minimum atomic E-state index is 0.403. The minimum Gasteiger partial charge on any atom is -0.381 e. The molecule has 1 spiro atoms. The number of hydrogen-bond donors (Lipinski definition) is 1. The summed E-state index contributed by atoms with van der Waals surface area (Å²) in [5.74, 6) is 1.93. The topological polar surface area (TPSA) is 40.1 Å². The summed E-state index contributed by atoms with van der Waals surface area (Å²) >= 11 is 0. The maximum atomic E-state index is 5.62. The van der Waals surface area contributed by atoms with Crippen molar-refractivity contribution < 1.29 is 4.74 Å². The first kappa shape index (κ1) is 16.1. The van der Waals surface area contributed by atoms with Gasteiger partial charge in [0.25, 0.3) is 0 Å². The highest BCUT2D eigenvalue weighted by molar-refractivity contribution is 5.80. The lowest BCUT2D eigenvalue weighted by molar-refractivity contribution is 0.156. The first-order valence-corrected chi connectivity index (χ1v) is 8.96. The number of nitrogens with one attached hydrogen (secondary N) is 1. The first-order valence-electron chi connectivity index (χ1n) is 8.96. The number of ether oxygens (including phenoxy) is 1. The van der Waals surface area contributed by atoms with E-state index in [-0.39, 0.29) is 0 Å². The molecule has 5 nitrogen and oxygen atoms in total. The van der Waals surface area contributed by atoms with E-state index >= 15 is 0 Å². The van der Waals surface area contributed by atoms with Crippen molar-refractivity contribution in [3.8, 4) is 0 Å². The predicted octanol–water partition coefficient (Wildman–Crippen LogP) is 1.41. The number of likely N-dealkylation sites (tertiary alicyclic amines) is 2. The SMILES string of the molecule is CN=C(NCCN1CCCC(C)C1)N1CCC2(CCOC2)C1. The molecule has 3 rings (SSSR count). The highest BCUT2D eigenvalue weighted by atomic mass is 16.5. The Kier molecular flexibility index (Phi) is 5.24. The first-order chi connectivity index (χ1) is 10.7. The standard InChI is InChI=1S/C17H32N4O/c1-15-4-3-8-20(12-15)10-7-19-16(18-2)21-9-5-17(13-21)6-11-22-14-17/h15H,3-14H2,1-2H3,(H,18,19). The summed E-state index contributed by atoms with van der Waals surface area (Å²) in [6, 6.07) is 0. The largest absolute Gasteiger partial charge is 0.381 e. The van der Waals surface area contributed by atoms with Crippen LogP contribution < -0.4 is 5.32 Å². The van der Waals surface area contributed by atoms with Crippen molar-refractivity contribution in [2.75, 3.05) is 59.5 Å². The van der Waals surface area contributed by atoms with Crippen LogP contribution in [0.15, 0.2) is 4.99 Å². The van der Waals surface area contributed by atoms with Gasteiger partial charge in [-0.1, -0.05) is 6.92 Å². The third-order valence-corrected chi connectivity index (χ3v) is 5.59. The quantitative estimate of drug-likeness (QED) is 0.632. The van der Waals surface area contributed by atoms with Crippen LogP contribution in [0.2, 0.25) is 0 Å². The summed E-state index contributed by atoms with van der Waals surface area (Å²) in [5.41, 5.74) is 0.403. The average Bonchev–Trinajstić information content (AvgIpc) is 3.14. The number of rotatable bonds is 3. The Morgan fingerprint density at radius 2 is 2.27 bits per heavy atom. The Labute approximate surface area is 135 Å². The second kappa shape index (κ2) is 7.18. The van der Waals surface area contributed by atoms with Gasteiger partial charge >= 0.3 is 0 Å². The number of aliphatic imine (C=N–C) groups is 1. The van der Waals surface area contributed by atoms with Gasteiger partial charge in [0, 0.05) is 51.8 Å². The van der Waals surface area contributed by atoms with Crippen molar-refractivity contribution in [3.63, 3.8) is 0 Å². The van der Waals surface area contributed by atoms with E-state index in [2.05, 4.69) is 27.0 Å². The Bertz CT molecular complexity index is 392. The molecule has 0 amide bonds. The molecule has 22 heavy (non-hydrogen) atoms. The van der Waals surface area contributed by atoms with Gasteiger partial charge in [-0.3, -0.25) is 4.99 Å². The van der Waals surface area contributed by atoms with Crippen LogP contribution in [0.5, 0.6) is 0 Å². The van der Waals surface area contributed by atoms with Crippen LogP contribution >= 0.6 is 0 Å². The molecule has 0 saturated carbocycles. The molecule has 0 aromatic rings. The van der Waals surface area contributed by atoms with Crippen molar-refractivity contribution in [1.82, 2.24) is 15.1 Å². The van der Waals surface area contributed by atoms with E-state index in [1.807, 2.05) is 7.05 Å². The highest BCUT2D eigenvalue weighted by Gasteiger charge is 2.42. The molecule has 3 heterocycles. The molecule has 2 atom stereocenters. The summed E-state index contributed by atoms with van der Waals surface area (Å²) in [7, 11) is 1.90. The van der Waals surface area contributed by atoms with Crippen LogP contribution in [0.1, 0.15) is 32.6 Å². The van der Waals surface area contributed by atoms with Gasteiger partial charge in [0.1, 0.15) is 0 Å². The van der Waals surface area contributed by atoms with E-state index in [1.165, 1.54) is 38.8 Å². The number of guanidine groups is 1. The molecule has 126 valence electrons. The van der Waals surface area contributed by atoms with Gasteiger partial charge in [0.15, 0.2) is 5.96 Å². The van der Waals surface area contributed by atoms with E-state index in [9.17, 15) is 0 Å². The summed E-state index contributed by atoms with van der Waals surface area (Å²) in [5, 5.41) is 3.57. The molecule has 2 unspecified atom stereocenters. The second-order valence-electron chi connectivity index (χ2n) is 7.50. The third-order valence-electron chi connectivity index (χ3n) is 5.59. The van der Waals surface area contributed by atoms with Crippen molar-refractivity contribution in [3.05, 3.63) is 0 Å². The third kappa shape index (κ3) is 3.74.